The normalized spacial score (nSPS) is 11.9. The number of fused-ring (bicyclic) bond motifs is 2. The van der Waals surface area contributed by atoms with Gasteiger partial charge >= 0.3 is 5.97 Å². The number of amides is 1. The highest BCUT2D eigenvalue weighted by Crippen LogP contribution is 2.28. The molecule has 0 aliphatic rings. The largest absolute Gasteiger partial charge is 0.467 e. The molecule has 4 nitrogen and oxygen atoms in total. The van der Waals surface area contributed by atoms with Gasteiger partial charge < -0.3 is 10.1 Å². The Labute approximate surface area is 158 Å². The van der Waals surface area contributed by atoms with Crippen LogP contribution in [0.25, 0.3) is 21.5 Å². The maximum absolute atomic E-state index is 13.2. The summed E-state index contributed by atoms with van der Waals surface area (Å²) in [6.07, 6.45) is 3.84. The van der Waals surface area contributed by atoms with E-state index in [0.717, 1.165) is 34.4 Å². The molecule has 0 radical (unpaired) electrons. The van der Waals surface area contributed by atoms with Crippen LogP contribution in [0.5, 0.6) is 0 Å². The molecule has 1 atom stereocenters. The molecule has 4 heteroatoms. The zero-order valence-corrected chi connectivity index (χ0v) is 15.4. The second-order valence-corrected chi connectivity index (χ2v) is 6.46. The first kappa shape index (κ1) is 18.6. The molecule has 0 unspecified atom stereocenters. The standard InChI is InChI=1S/C23H23NO3/c1-3-4-5-14-20(23(26)27-2)24-22(25)21-18-12-8-6-10-16(18)15-17-11-7-9-13-19(17)21/h3,6-13,15,20H,1,4-5,14H2,2H3,(H,24,25)/t20-/m1/s1. The van der Waals surface area contributed by atoms with E-state index in [2.05, 4.69) is 18.0 Å². The molecule has 1 N–H and O–H groups in total. The van der Waals surface area contributed by atoms with Gasteiger partial charge in [-0.15, -0.1) is 6.58 Å². The smallest absolute Gasteiger partial charge is 0.328 e. The van der Waals surface area contributed by atoms with E-state index in [0.29, 0.717) is 12.0 Å². The summed E-state index contributed by atoms with van der Waals surface area (Å²) < 4.78 is 4.88. The number of unbranched alkanes of at least 4 members (excludes halogenated alkanes) is 1. The molecule has 1 amide bonds. The van der Waals surface area contributed by atoms with Gasteiger partial charge in [-0.3, -0.25) is 4.79 Å². The van der Waals surface area contributed by atoms with Crippen molar-refractivity contribution in [2.75, 3.05) is 7.11 Å². The minimum atomic E-state index is -0.680. The van der Waals surface area contributed by atoms with Crippen molar-refractivity contribution in [1.82, 2.24) is 5.32 Å². The van der Waals surface area contributed by atoms with Crippen LogP contribution in [0.15, 0.2) is 67.3 Å². The average Bonchev–Trinajstić information content (AvgIpc) is 2.70. The zero-order valence-electron chi connectivity index (χ0n) is 15.4. The molecule has 0 fully saturated rings. The minimum Gasteiger partial charge on any atom is -0.467 e. The lowest BCUT2D eigenvalue weighted by molar-refractivity contribution is -0.143. The highest BCUT2D eigenvalue weighted by molar-refractivity contribution is 6.18. The summed E-state index contributed by atoms with van der Waals surface area (Å²) in [6.45, 7) is 3.70. The average molecular weight is 361 g/mol. The first-order valence-corrected chi connectivity index (χ1v) is 9.05. The predicted octanol–water partition coefficient (Wildman–Crippen LogP) is 4.62. The van der Waals surface area contributed by atoms with Crippen LogP contribution < -0.4 is 5.32 Å². The Hall–Kier alpha value is -3.14. The van der Waals surface area contributed by atoms with Gasteiger partial charge in [0.15, 0.2) is 0 Å². The van der Waals surface area contributed by atoms with Gasteiger partial charge in [-0.25, -0.2) is 4.79 Å². The predicted molar refractivity (Wildman–Crippen MR) is 109 cm³/mol. The van der Waals surface area contributed by atoms with Crippen LogP contribution in [0.2, 0.25) is 0 Å². The van der Waals surface area contributed by atoms with Crippen LogP contribution in [-0.4, -0.2) is 25.0 Å². The van der Waals surface area contributed by atoms with Crippen LogP contribution >= 0.6 is 0 Å². The van der Waals surface area contributed by atoms with Crippen LogP contribution in [0.1, 0.15) is 29.6 Å². The third-order valence-electron chi connectivity index (χ3n) is 4.69. The summed E-state index contributed by atoms with van der Waals surface area (Å²) in [5, 5.41) is 6.59. The van der Waals surface area contributed by atoms with Gasteiger partial charge in [0.25, 0.3) is 5.91 Å². The van der Waals surface area contributed by atoms with E-state index in [9.17, 15) is 9.59 Å². The van der Waals surface area contributed by atoms with Crippen molar-refractivity contribution in [3.05, 3.63) is 72.8 Å². The number of allylic oxidation sites excluding steroid dienone is 1. The number of carbonyl (C=O) groups excluding carboxylic acids is 2. The molecule has 0 aromatic heterocycles. The highest BCUT2D eigenvalue weighted by Gasteiger charge is 2.23. The molecular formula is C23H23NO3. The fourth-order valence-corrected chi connectivity index (χ4v) is 3.35. The molecule has 0 saturated carbocycles. The Balaban J connectivity index is 2.02. The second-order valence-electron chi connectivity index (χ2n) is 6.46. The summed E-state index contributed by atoms with van der Waals surface area (Å²) in [5.74, 6) is -0.700. The Morgan fingerprint density at radius 1 is 1.07 bits per heavy atom. The Bertz CT molecular complexity index is 939. The van der Waals surface area contributed by atoms with Crippen molar-refractivity contribution >= 4 is 33.4 Å². The van der Waals surface area contributed by atoms with Crippen LogP contribution in [0.3, 0.4) is 0 Å². The highest BCUT2D eigenvalue weighted by atomic mass is 16.5. The van der Waals surface area contributed by atoms with Gasteiger partial charge in [0, 0.05) is 0 Å². The van der Waals surface area contributed by atoms with Crippen molar-refractivity contribution in [3.8, 4) is 0 Å². The molecule has 0 heterocycles. The number of nitrogens with one attached hydrogen (secondary N) is 1. The van der Waals surface area contributed by atoms with Crippen LogP contribution in [0.4, 0.5) is 0 Å². The molecule has 3 aromatic rings. The Morgan fingerprint density at radius 3 is 2.22 bits per heavy atom. The molecule has 0 bridgehead atoms. The fraction of sp³-hybridized carbons (Fsp3) is 0.217. The van der Waals surface area contributed by atoms with Gasteiger partial charge in [0.2, 0.25) is 0 Å². The Morgan fingerprint density at radius 2 is 1.67 bits per heavy atom. The quantitative estimate of drug-likeness (QED) is 0.289. The third kappa shape index (κ3) is 4.00. The maximum Gasteiger partial charge on any atom is 0.328 e. The van der Waals surface area contributed by atoms with E-state index >= 15 is 0 Å². The van der Waals surface area contributed by atoms with E-state index in [1.165, 1.54) is 7.11 Å². The molecular weight excluding hydrogens is 338 g/mol. The molecule has 138 valence electrons. The number of carbonyl (C=O) groups is 2. The van der Waals surface area contributed by atoms with Gasteiger partial charge in [0.05, 0.1) is 12.7 Å². The van der Waals surface area contributed by atoms with Gasteiger partial charge in [-0.1, -0.05) is 54.6 Å². The number of methoxy groups -OCH3 is 1. The van der Waals surface area contributed by atoms with E-state index in [1.807, 2.05) is 48.5 Å². The van der Waals surface area contributed by atoms with Crippen LogP contribution in [-0.2, 0) is 9.53 Å². The van der Waals surface area contributed by atoms with Gasteiger partial charge in [0.1, 0.15) is 6.04 Å². The first-order valence-electron chi connectivity index (χ1n) is 9.05. The number of ether oxygens (including phenoxy) is 1. The van der Waals surface area contributed by atoms with E-state index in [-0.39, 0.29) is 5.91 Å². The third-order valence-corrected chi connectivity index (χ3v) is 4.69. The number of hydrogen-bond acceptors (Lipinski definition) is 3. The zero-order chi connectivity index (χ0) is 19.2. The maximum atomic E-state index is 13.2. The summed E-state index contributed by atoms with van der Waals surface area (Å²) >= 11 is 0. The number of hydrogen-bond donors (Lipinski definition) is 1. The van der Waals surface area contributed by atoms with E-state index < -0.39 is 12.0 Å². The Kier molecular flexibility index (Phi) is 5.87. The second kappa shape index (κ2) is 8.49. The number of esters is 1. The summed E-state index contributed by atoms with van der Waals surface area (Å²) in [7, 11) is 1.34. The topological polar surface area (TPSA) is 55.4 Å². The van der Waals surface area contributed by atoms with Crippen molar-refractivity contribution in [1.29, 1.82) is 0 Å². The molecule has 0 spiro atoms. The SMILES string of the molecule is C=CCCC[C@@H](NC(=O)c1c2ccccc2cc2ccccc12)C(=O)OC. The molecule has 0 aliphatic carbocycles. The van der Waals surface area contributed by atoms with E-state index in [1.54, 1.807) is 6.08 Å². The number of rotatable bonds is 7. The van der Waals surface area contributed by atoms with Gasteiger partial charge in [-0.2, -0.15) is 0 Å². The molecule has 27 heavy (non-hydrogen) atoms. The fourth-order valence-electron chi connectivity index (χ4n) is 3.35. The monoisotopic (exact) mass is 361 g/mol. The molecule has 3 rings (SSSR count). The summed E-state index contributed by atoms with van der Waals surface area (Å²) in [6, 6.07) is 17.0. The lowest BCUT2D eigenvalue weighted by Gasteiger charge is -2.18. The minimum absolute atomic E-state index is 0.267. The lowest BCUT2D eigenvalue weighted by atomic mass is 9.96. The summed E-state index contributed by atoms with van der Waals surface area (Å²) in [4.78, 5) is 25.3. The lowest BCUT2D eigenvalue weighted by Crippen LogP contribution is -2.41. The van der Waals surface area contributed by atoms with Crippen molar-refractivity contribution in [3.63, 3.8) is 0 Å². The van der Waals surface area contributed by atoms with Gasteiger partial charge in [-0.05, 0) is 46.9 Å². The van der Waals surface area contributed by atoms with Crippen molar-refractivity contribution < 1.29 is 14.3 Å². The number of benzene rings is 3. The molecule has 0 saturated heterocycles. The van der Waals surface area contributed by atoms with E-state index in [4.69, 9.17) is 4.74 Å². The molecule has 0 aliphatic heterocycles. The summed E-state index contributed by atoms with van der Waals surface area (Å²) in [5.41, 5.74) is 0.585. The first-order chi connectivity index (χ1) is 13.2. The van der Waals surface area contributed by atoms with Crippen molar-refractivity contribution in [2.45, 2.75) is 25.3 Å². The molecule has 3 aromatic carbocycles. The van der Waals surface area contributed by atoms with Crippen LogP contribution in [0, 0.1) is 0 Å². The van der Waals surface area contributed by atoms with Crippen molar-refractivity contribution in [2.24, 2.45) is 0 Å².